The fourth-order valence-electron chi connectivity index (χ4n) is 3.55. The second kappa shape index (κ2) is 8.64. The van der Waals surface area contributed by atoms with Gasteiger partial charge in [-0.05, 0) is 40.1 Å². The zero-order chi connectivity index (χ0) is 22.1. The Labute approximate surface area is 184 Å². The van der Waals surface area contributed by atoms with Gasteiger partial charge < -0.3 is 19.7 Å². The Morgan fingerprint density at radius 1 is 1.32 bits per heavy atom. The number of hydrogen-bond donors (Lipinski definition) is 1. The average Bonchev–Trinajstić information content (AvgIpc) is 3.34. The number of fused-ring (bicyclic) bond motifs is 3. The minimum Gasteiger partial charge on any atom is -0.491 e. The van der Waals surface area contributed by atoms with Crippen LogP contribution in [0.2, 0.25) is 0 Å². The molecule has 0 saturated heterocycles. The number of carbonyl (C=O) groups excluding carboxylic acids is 1. The summed E-state index contributed by atoms with van der Waals surface area (Å²) in [6.45, 7) is 6.40. The van der Waals surface area contributed by atoms with Crippen molar-refractivity contribution in [3.63, 3.8) is 0 Å². The third-order valence-electron chi connectivity index (χ3n) is 5.00. The number of amides is 1. The van der Waals surface area contributed by atoms with E-state index in [-0.39, 0.29) is 5.91 Å². The van der Waals surface area contributed by atoms with Gasteiger partial charge >= 0.3 is 0 Å². The number of ether oxygens (including phenoxy) is 2. The van der Waals surface area contributed by atoms with Gasteiger partial charge in [-0.15, -0.1) is 11.3 Å². The molecule has 0 fully saturated rings. The van der Waals surface area contributed by atoms with E-state index < -0.39 is 0 Å². The van der Waals surface area contributed by atoms with Gasteiger partial charge in [0.15, 0.2) is 11.5 Å². The van der Waals surface area contributed by atoms with E-state index in [0.717, 1.165) is 29.3 Å². The van der Waals surface area contributed by atoms with Crippen molar-refractivity contribution in [2.45, 2.75) is 20.4 Å². The standard InChI is InChI=1S/C21H26N6O3S/c1-12-18(31-13(2)23-12)20(28)25-21-24-16-14(19-22-8-9-27(19)21)6-7-15(17(16)29-5)30-11-10-26(3)4/h6-7,22H,8-11H2,1-5H3. The predicted octanol–water partition coefficient (Wildman–Crippen LogP) is 2.23. The van der Waals surface area contributed by atoms with Gasteiger partial charge in [-0.3, -0.25) is 9.36 Å². The molecule has 0 radical (unpaired) electrons. The second-order valence-electron chi connectivity index (χ2n) is 7.55. The van der Waals surface area contributed by atoms with E-state index >= 15 is 0 Å². The van der Waals surface area contributed by atoms with Crippen LogP contribution < -0.4 is 20.4 Å². The van der Waals surface area contributed by atoms with Crippen LogP contribution >= 0.6 is 11.3 Å². The van der Waals surface area contributed by atoms with Gasteiger partial charge in [-0.2, -0.15) is 4.99 Å². The van der Waals surface area contributed by atoms with E-state index in [1.807, 2.05) is 49.5 Å². The van der Waals surface area contributed by atoms with Crippen LogP contribution in [0.5, 0.6) is 11.5 Å². The maximum Gasteiger partial charge on any atom is 0.292 e. The summed E-state index contributed by atoms with van der Waals surface area (Å²) in [5.74, 6) is 1.67. The lowest BCUT2D eigenvalue weighted by Crippen LogP contribution is -2.25. The molecule has 3 aromatic rings. The molecule has 1 aliphatic heterocycles. The van der Waals surface area contributed by atoms with Gasteiger partial charge in [-0.25, -0.2) is 9.97 Å². The number of aromatic nitrogens is 3. The third-order valence-corrected chi connectivity index (χ3v) is 6.06. The number of aryl methyl sites for hydroxylation is 2. The third kappa shape index (κ3) is 4.13. The number of likely N-dealkylation sites (N-methyl/N-ethyl adjacent to an activating group) is 1. The summed E-state index contributed by atoms with van der Waals surface area (Å²) in [6.07, 6.45) is 0. The molecule has 1 N–H and O–H groups in total. The van der Waals surface area contributed by atoms with Gasteiger partial charge in [0, 0.05) is 25.0 Å². The molecule has 31 heavy (non-hydrogen) atoms. The Morgan fingerprint density at radius 2 is 2.13 bits per heavy atom. The smallest absolute Gasteiger partial charge is 0.292 e. The van der Waals surface area contributed by atoms with E-state index in [1.54, 1.807) is 7.11 Å². The Bertz CT molecular complexity index is 1210. The molecule has 0 aliphatic carbocycles. The lowest BCUT2D eigenvalue weighted by atomic mass is 10.2. The van der Waals surface area contributed by atoms with Gasteiger partial charge in [0.05, 0.1) is 17.8 Å². The van der Waals surface area contributed by atoms with E-state index in [2.05, 4.69) is 15.3 Å². The summed E-state index contributed by atoms with van der Waals surface area (Å²) < 4.78 is 13.5. The molecule has 1 aliphatic rings. The molecule has 0 spiro atoms. The number of benzene rings is 1. The summed E-state index contributed by atoms with van der Waals surface area (Å²) in [4.78, 5) is 28.9. The highest BCUT2D eigenvalue weighted by molar-refractivity contribution is 7.13. The van der Waals surface area contributed by atoms with Crippen LogP contribution in [0.1, 0.15) is 20.4 Å². The minimum atomic E-state index is -0.339. The van der Waals surface area contributed by atoms with Crippen molar-refractivity contribution in [3.8, 4) is 11.5 Å². The van der Waals surface area contributed by atoms with Crippen LogP contribution in [-0.4, -0.2) is 66.2 Å². The Hall–Kier alpha value is -2.98. The number of nitrogens with one attached hydrogen (secondary N) is 1. The minimum absolute atomic E-state index is 0.339. The maximum atomic E-state index is 12.9. The number of anilines is 1. The first-order valence-electron chi connectivity index (χ1n) is 10.0. The molecule has 0 unspecified atom stereocenters. The van der Waals surface area contributed by atoms with Crippen LogP contribution in [0.25, 0.3) is 10.9 Å². The molecular formula is C21H26N6O3S. The zero-order valence-corrected chi connectivity index (χ0v) is 19.2. The first kappa shape index (κ1) is 21.3. The average molecular weight is 443 g/mol. The fraction of sp³-hybridized carbons (Fsp3) is 0.429. The fourth-order valence-corrected chi connectivity index (χ4v) is 4.36. The van der Waals surface area contributed by atoms with Crippen molar-refractivity contribution >= 4 is 34.0 Å². The first-order valence-corrected chi connectivity index (χ1v) is 10.9. The van der Waals surface area contributed by atoms with E-state index in [1.165, 1.54) is 11.3 Å². The van der Waals surface area contributed by atoms with Crippen molar-refractivity contribution in [3.05, 3.63) is 33.3 Å². The van der Waals surface area contributed by atoms with E-state index in [9.17, 15) is 4.79 Å². The number of nitrogens with zero attached hydrogens (tertiary/aromatic N) is 5. The lowest BCUT2D eigenvalue weighted by Gasteiger charge is -2.16. The molecule has 0 atom stereocenters. The molecule has 1 aromatic carbocycles. The van der Waals surface area contributed by atoms with E-state index in [4.69, 9.17) is 14.5 Å². The maximum absolute atomic E-state index is 12.9. The van der Waals surface area contributed by atoms with Crippen LogP contribution in [0.4, 0.5) is 5.82 Å². The second-order valence-corrected chi connectivity index (χ2v) is 8.75. The Kier molecular flexibility index (Phi) is 5.92. The quantitative estimate of drug-likeness (QED) is 0.626. The number of methoxy groups -OCH3 is 1. The van der Waals surface area contributed by atoms with Gasteiger partial charge in [0.1, 0.15) is 22.8 Å². The number of thiazole rings is 1. The predicted molar refractivity (Wildman–Crippen MR) is 120 cm³/mol. The lowest BCUT2D eigenvalue weighted by molar-refractivity contribution is 0.0999. The van der Waals surface area contributed by atoms with Crippen LogP contribution in [-0.2, 0) is 6.54 Å². The van der Waals surface area contributed by atoms with Crippen molar-refractivity contribution in [2.24, 2.45) is 4.99 Å². The molecule has 4 rings (SSSR count). The molecule has 9 nitrogen and oxygen atoms in total. The highest BCUT2D eigenvalue weighted by atomic mass is 32.1. The molecule has 3 heterocycles. The van der Waals surface area contributed by atoms with Crippen LogP contribution in [0.3, 0.4) is 0 Å². The molecular weight excluding hydrogens is 416 g/mol. The molecule has 2 aromatic heterocycles. The van der Waals surface area contributed by atoms with Gasteiger partial charge in [0.2, 0.25) is 5.62 Å². The summed E-state index contributed by atoms with van der Waals surface area (Å²) in [5, 5.41) is 5.11. The van der Waals surface area contributed by atoms with Crippen molar-refractivity contribution < 1.29 is 14.3 Å². The van der Waals surface area contributed by atoms with Crippen molar-refractivity contribution in [1.82, 2.24) is 19.4 Å². The van der Waals surface area contributed by atoms with E-state index in [0.29, 0.717) is 46.4 Å². The largest absolute Gasteiger partial charge is 0.491 e. The molecule has 0 saturated carbocycles. The zero-order valence-electron chi connectivity index (χ0n) is 18.4. The molecule has 0 bridgehead atoms. The number of rotatable bonds is 6. The highest BCUT2D eigenvalue weighted by Gasteiger charge is 2.21. The molecule has 164 valence electrons. The number of hydrogen-bond acceptors (Lipinski definition) is 8. The normalized spacial score (nSPS) is 13.5. The summed E-state index contributed by atoms with van der Waals surface area (Å²) in [5.41, 5.74) is 1.63. The monoisotopic (exact) mass is 442 g/mol. The van der Waals surface area contributed by atoms with Crippen molar-refractivity contribution in [1.29, 1.82) is 0 Å². The molecule has 10 heteroatoms. The van der Waals surface area contributed by atoms with Crippen molar-refractivity contribution in [2.75, 3.05) is 46.2 Å². The summed E-state index contributed by atoms with van der Waals surface area (Å²) in [7, 11) is 5.58. The van der Waals surface area contributed by atoms with Gasteiger partial charge in [0.25, 0.3) is 5.91 Å². The molecule has 1 amide bonds. The number of carbonyl (C=O) groups is 1. The van der Waals surface area contributed by atoms with Crippen LogP contribution in [0, 0.1) is 13.8 Å². The summed E-state index contributed by atoms with van der Waals surface area (Å²) in [6, 6.07) is 3.85. The SMILES string of the molecule is COc1c(OCCN(C)C)ccc2c3n(c(=NC(=O)c4sc(C)nc4C)nc12)CCN3. The summed E-state index contributed by atoms with van der Waals surface area (Å²) >= 11 is 1.34. The van der Waals surface area contributed by atoms with Gasteiger partial charge in [-0.1, -0.05) is 0 Å². The van der Waals surface area contributed by atoms with Crippen LogP contribution in [0.15, 0.2) is 17.1 Å². The first-order chi connectivity index (χ1) is 14.9. The highest BCUT2D eigenvalue weighted by Crippen LogP contribution is 2.37. The Balaban J connectivity index is 1.84. The Morgan fingerprint density at radius 3 is 2.81 bits per heavy atom. The topological polar surface area (TPSA) is 93.9 Å².